The zero-order chi connectivity index (χ0) is 13.2. The molecule has 0 radical (unpaired) electrons. The molecule has 0 amide bonds. The van der Waals surface area contributed by atoms with Gasteiger partial charge in [0.25, 0.3) is 0 Å². The summed E-state index contributed by atoms with van der Waals surface area (Å²) in [6.07, 6.45) is 0. The fourth-order valence-corrected chi connectivity index (χ4v) is 2.81. The van der Waals surface area contributed by atoms with Crippen LogP contribution in [0.15, 0.2) is 24.3 Å². The van der Waals surface area contributed by atoms with Gasteiger partial charge in [-0.05, 0) is 31.2 Å². The number of ether oxygens (including phenoxy) is 1. The highest BCUT2D eigenvalue weighted by Gasteiger charge is 2.14. The summed E-state index contributed by atoms with van der Waals surface area (Å²) in [5.41, 5.74) is 2.51. The van der Waals surface area contributed by atoms with Gasteiger partial charge in [-0.3, -0.25) is 4.90 Å². The molecular weight excluding hydrogens is 240 g/mol. The molecule has 1 N–H and O–H groups in total. The molecule has 0 spiro atoms. The van der Waals surface area contributed by atoms with Gasteiger partial charge in [0.1, 0.15) is 5.75 Å². The lowest BCUT2D eigenvalue weighted by Gasteiger charge is -2.26. The highest BCUT2D eigenvalue weighted by atomic mass is 16.5. The second kappa shape index (κ2) is 5.23. The molecule has 0 unspecified atom stereocenters. The van der Waals surface area contributed by atoms with Crippen LogP contribution < -0.4 is 0 Å². The molecule has 1 aromatic heterocycles. The predicted octanol–water partition coefficient (Wildman–Crippen LogP) is 2.20. The minimum absolute atomic E-state index is 0.332. The minimum Gasteiger partial charge on any atom is -0.508 e. The molecule has 1 aromatic carbocycles. The van der Waals surface area contributed by atoms with Crippen molar-refractivity contribution >= 4 is 10.9 Å². The number of fused-ring (bicyclic) bond motifs is 1. The molecule has 0 atom stereocenters. The van der Waals surface area contributed by atoms with Gasteiger partial charge in [-0.15, -0.1) is 0 Å². The van der Waals surface area contributed by atoms with Gasteiger partial charge in [0.2, 0.25) is 0 Å². The Bertz CT molecular complexity index is 571. The number of aromatic nitrogens is 1. The van der Waals surface area contributed by atoms with Crippen molar-refractivity contribution in [1.82, 2.24) is 9.47 Å². The minimum atomic E-state index is 0.332. The summed E-state index contributed by atoms with van der Waals surface area (Å²) < 4.78 is 7.71. The van der Waals surface area contributed by atoms with Gasteiger partial charge in [0.15, 0.2) is 0 Å². The smallest absolute Gasteiger partial charge is 0.116 e. The largest absolute Gasteiger partial charge is 0.508 e. The molecule has 1 fully saturated rings. The molecule has 2 heterocycles. The van der Waals surface area contributed by atoms with Crippen LogP contribution >= 0.6 is 0 Å². The van der Waals surface area contributed by atoms with E-state index in [0.717, 1.165) is 44.8 Å². The molecule has 0 aliphatic carbocycles. The highest BCUT2D eigenvalue weighted by Crippen LogP contribution is 2.25. The number of hydrogen-bond acceptors (Lipinski definition) is 3. The van der Waals surface area contributed by atoms with Crippen LogP contribution in [0.2, 0.25) is 0 Å². The van der Waals surface area contributed by atoms with Gasteiger partial charge in [0.05, 0.1) is 13.2 Å². The second-order valence-corrected chi connectivity index (χ2v) is 5.01. The lowest BCUT2D eigenvalue weighted by molar-refractivity contribution is 0.0332. The first kappa shape index (κ1) is 12.5. The Labute approximate surface area is 113 Å². The zero-order valence-electron chi connectivity index (χ0n) is 11.3. The van der Waals surface area contributed by atoms with Crippen molar-refractivity contribution < 1.29 is 9.84 Å². The molecule has 1 aliphatic rings. The van der Waals surface area contributed by atoms with E-state index in [2.05, 4.69) is 22.5 Å². The molecule has 1 aliphatic heterocycles. The number of nitrogens with zero attached hydrogens (tertiary/aromatic N) is 2. The monoisotopic (exact) mass is 260 g/mol. The van der Waals surface area contributed by atoms with Crippen LogP contribution in [-0.4, -0.2) is 40.9 Å². The van der Waals surface area contributed by atoms with E-state index in [1.165, 1.54) is 11.2 Å². The molecule has 4 nitrogen and oxygen atoms in total. The molecule has 2 aromatic rings. The number of aromatic hydroxyl groups is 1. The van der Waals surface area contributed by atoms with Crippen LogP contribution in [-0.2, 0) is 17.8 Å². The van der Waals surface area contributed by atoms with Crippen LogP contribution in [0.25, 0.3) is 10.9 Å². The SMILES string of the molecule is CCn1c(CN2CCOCC2)cc2cc(O)ccc21. The van der Waals surface area contributed by atoms with Crippen molar-refractivity contribution in [1.29, 1.82) is 0 Å². The number of phenolic OH excluding ortho intramolecular Hbond substituents is 1. The summed E-state index contributed by atoms with van der Waals surface area (Å²) in [6, 6.07) is 7.78. The summed E-state index contributed by atoms with van der Waals surface area (Å²) in [6.45, 7) is 7.71. The van der Waals surface area contributed by atoms with E-state index < -0.39 is 0 Å². The van der Waals surface area contributed by atoms with Crippen molar-refractivity contribution in [2.24, 2.45) is 0 Å². The fraction of sp³-hybridized carbons (Fsp3) is 0.467. The van der Waals surface area contributed by atoms with E-state index >= 15 is 0 Å². The van der Waals surface area contributed by atoms with Crippen molar-refractivity contribution in [3.63, 3.8) is 0 Å². The van der Waals surface area contributed by atoms with Gasteiger partial charge < -0.3 is 14.4 Å². The molecule has 102 valence electrons. The Kier molecular flexibility index (Phi) is 3.44. The molecule has 0 saturated carbocycles. The number of rotatable bonds is 3. The predicted molar refractivity (Wildman–Crippen MR) is 75.4 cm³/mol. The van der Waals surface area contributed by atoms with Gasteiger partial charge in [0, 0.05) is 42.8 Å². The van der Waals surface area contributed by atoms with Gasteiger partial charge in [-0.2, -0.15) is 0 Å². The maximum Gasteiger partial charge on any atom is 0.116 e. The maximum absolute atomic E-state index is 9.59. The molecule has 4 heteroatoms. The van der Waals surface area contributed by atoms with Gasteiger partial charge in [-0.25, -0.2) is 0 Å². The normalized spacial score (nSPS) is 17.1. The molecule has 19 heavy (non-hydrogen) atoms. The summed E-state index contributed by atoms with van der Waals surface area (Å²) in [5, 5.41) is 10.7. The lowest BCUT2D eigenvalue weighted by atomic mass is 10.2. The van der Waals surface area contributed by atoms with E-state index in [1.807, 2.05) is 12.1 Å². The second-order valence-electron chi connectivity index (χ2n) is 5.01. The Morgan fingerprint density at radius 1 is 1.21 bits per heavy atom. The van der Waals surface area contributed by atoms with Crippen LogP contribution in [0.1, 0.15) is 12.6 Å². The lowest BCUT2D eigenvalue weighted by Crippen LogP contribution is -2.36. The zero-order valence-corrected chi connectivity index (χ0v) is 11.3. The molecular formula is C15H20N2O2. The van der Waals surface area contributed by atoms with Gasteiger partial charge >= 0.3 is 0 Å². The Morgan fingerprint density at radius 2 is 2.00 bits per heavy atom. The Balaban J connectivity index is 1.93. The summed E-state index contributed by atoms with van der Waals surface area (Å²) >= 11 is 0. The first-order valence-electron chi connectivity index (χ1n) is 6.89. The molecule has 0 bridgehead atoms. The first-order valence-corrected chi connectivity index (χ1v) is 6.89. The van der Waals surface area contributed by atoms with E-state index in [9.17, 15) is 5.11 Å². The summed E-state index contributed by atoms with van der Waals surface area (Å²) in [7, 11) is 0. The average molecular weight is 260 g/mol. The van der Waals surface area contributed by atoms with Crippen LogP contribution in [0.4, 0.5) is 0 Å². The van der Waals surface area contributed by atoms with Crippen LogP contribution in [0.3, 0.4) is 0 Å². The molecule has 3 rings (SSSR count). The average Bonchev–Trinajstić information content (AvgIpc) is 2.76. The number of aryl methyl sites for hydroxylation is 1. The number of hydrogen-bond donors (Lipinski definition) is 1. The number of morpholine rings is 1. The number of benzene rings is 1. The third-order valence-electron chi connectivity index (χ3n) is 3.78. The van der Waals surface area contributed by atoms with Crippen molar-refractivity contribution in [3.05, 3.63) is 30.0 Å². The van der Waals surface area contributed by atoms with Gasteiger partial charge in [-0.1, -0.05) is 0 Å². The number of phenols is 1. The third-order valence-corrected chi connectivity index (χ3v) is 3.78. The van der Waals surface area contributed by atoms with Crippen LogP contribution in [0.5, 0.6) is 5.75 Å². The Hall–Kier alpha value is -1.52. The third kappa shape index (κ3) is 2.46. The summed E-state index contributed by atoms with van der Waals surface area (Å²) in [5.74, 6) is 0.332. The first-order chi connectivity index (χ1) is 9.28. The van der Waals surface area contributed by atoms with E-state index in [0.29, 0.717) is 5.75 Å². The van der Waals surface area contributed by atoms with Crippen molar-refractivity contribution in [2.45, 2.75) is 20.0 Å². The van der Waals surface area contributed by atoms with E-state index in [1.54, 1.807) is 6.07 Å². The quantitative estimate of drug-likeness (QED) is 0.919. The Morgan fingerprint density at radius 3 is 2.74 bits per heavy atom. The van der Waals surface area contributed by atoms with E-state index in [-0.39, 0.29) is 0 Å². The molecule has 1 saturated heterocycles. The standard InChI is InChI=1S/C15H20N2O2/c1-2-17-13(11-16-5-7-19-8-6-16)9-12-10-14(18)3-4-15(12)17/h3-4,9-10,18H,2,5-8,11H2,1H3. The maximum atomic E-state index is 9.59. The summed E-state index contributed by atoms with van der Waals surface area (Å²) in [4.78, 5) is 2.42. The fourth-order valence-electron chi connectivity index (χ4n) is 2.81. The van der Waals surface area contributed by atoms with Crippen LogP contribution in [0, 0.1) is 0 Å². The topological polar surface area (TPSA) is 37.6 Å². The van der Waals surface area contributed by atoms with E-state index in [4.69, 9.17) is 4.74 Å². The highest BCUT2D eigenvalue weighted by molar-refractivity contribution is 5.82. The van der Waals surface area contributed by atoms with Crippen molar-refractivity contribution in [3.8, 4) is 5.75 Å². The van der Waals surface area contributed by atoms with Crippen molar-refractivity contribution in [2.75, 3.05) is 26.3 Å².